The lowest BCUT2D eigenvalue weighted by Gasteiger charge is -2.05. The lowest BCUT2D eigenvalue weighted by Crippen LogP contribution is -1.97. The second-order valence-corrected chi connectivity index (χ2v) is 3.55. The van der Waals surface area contributed by atoms with E-state index in [4.69, 9.17) is 11.3 Å². The number of hydrogen-bond donors (Lipinski definition) is 0. The lowest BCUT2D eigenvalue weighted by molar-refractivity contribution is 0.304. The van der Waals surface area contributed by atoms with Crippen molar-refractivity contribution < 1.29 is 4.74 Å². The van der Waals surface area contributed by atoms with Crippen LogP contribution in [-0.2, 0) is 0 Å². The molecule has 1 aromatic rings. The Bertz CT molecular complexity index is 291. The van der Waals surface area contributed by atoms with E-state index in [9.17, 15) is 0 Å². The van der Waals surface area contributed by atoms with Crippen LogP contribution in [0.5, 0.6) is 5.75 Å². The molecule has 0 heterocycles. The van der Waals surface area contributed by atoms with E-state index < -0.39 is 0 Å². The fraction of sp³-hybridized carbons (Fsp3) is 0.429. The fourth-order valence-corrected chi connectivity index (χ4v) is 1.36. The standard InChI is InChI=1S/C14H18O/c1-3-5-6-7-11-15-14-10-8-9-13(4-2)12-14/h2,4,8-10H,3,5-7,11H2,1H3. The molecular formula is C14H18O. The summed E-state index contributed by atoms with van der Waals surface area (Å²) in [6, 6.07) is 8.83. The van der Waals surface area contributed by atoms with Gasteiger partial charge in [0.25, 0.3) is 0 Å². The van der Waals surface area contributed by atoms with Crippen molar-refractivity contribution in [3.05, 3.63) is 36.4 Å². The molecule has 0 fully saturated rings. The third kappa shape index (κ3) is 4.68. The predicted octanol–water partition coefficient (Wildman–Crippen LogP) is 3.89. The Labute approximate surface area is 92.8 Å². The van der Waals surface area contributed by atoms with Gasteiger partial charge in [-0.3, -0.25) is 0 Å². The number of hydrogen-bond acceptors (Lipinski definition) is 1. The van der Waals surface area contributed by atoms with Gasteiger partial charge in [-0.15, -0.1) is 0 Å². The first kappa shape index (κ1) is 11.8. The molecule has 1 aromatic carbocycles. The fourth-order valence-electron chi connectivity index (χ4n) is 1.36. The molecule has 0 amide bonds. The molecule has 2 radical (unpaired) electrons. The molecule has 0 atom stereocenters. The minimum atomic E-state index is 0.768. The Hall–Kier alpha value is -1.24. The number of unbranched alkanes of at least 4 members (excludes halogenated alkanes) is 3. The second kappa shape index (κ2) is 7.10. The molecule has 0 aromatic heterocycles. The molecule has 0 aliphatic carbocycles. The first-order chi connectivity index (χ1) is 7.36. The van der Waals surface area contributed by atoms with Gasteiger partial charge < -0.3 is 4.74 Å². The lowest BCUT2D eigenvalue weighted by atomic mass is 10.2. The Kier molecular flexibility index (Phi) is 5.60. The zero-order valence-corrected chi connectivity index (χ0v) is 9.33. The van der Waals surface area contributed by atoms with Crippen molar-refractivity contribution in [1.29, 1.82) is 0 Å². The zero-order valence-electron chi connectivity index (χ0n) is 9.33. The van der Waals surface area contributed by atoms with Crippen molar-refractivity contribution in [3.63, 3.8) is 0 Å². The smallest absolute Gasteiger partial charge is 0.127 e. The third-order valence-corrected chi connectivity index (χ3v) is 2.23. The molecule has 0 saturated heterocycles. The molecule has 0 bridgehead atoms. The Morgan fingerprint density at radius 3 is 2.93 bits per heavy atom. The summed E-state index contributed by atoms with van der Waals surface area (Å²) in [7, 11) is 0. The monoisotopic (exact) mass is 202 g/mol. The van der Waals surface area contributed by atoms with Crippen LogP contribution in [0.2, 0.25) is 0 Å². The average molecular weight is 202 g/mol. The maximum absolute atomic E-state index is 5.56. The highest BCUT2D eigenvalue weighted by atomic mass is 16.5. The SMILES string of the molecule is [CH]=Cc1[c]c(OCCCCCC)ccc1. The summed E-state index contributed by atoms with van der Waals surface area (Å²) in [5.41, 5.74) is 0.876. The summed E-state index contributed by atoms with van der Waals surface area (Å²) < 4.78 is 5.56. The molecule has 0 aliphatic heterocycles. The maximum Gasteiger partial charge on any atom is 0.127 e. The van der Waals surface area contributed by atoms with E-state index >= 15 is 0 Å². The van der Waals surface area contributed by atoms with E-state index in [1.807, 2.05) is 18.2 Å². The molecule has 1 heteroatoms. The van der Waals surface area contributed by atoms with E-state index in [1.165, 1.54) is 25.3 Å². The zero-order chi connectivity index (χ0) is 10.9. The van der Waals surface area contributed by atoms with Gasteiger partial charge in [-0.25, -0.2) is 0 Å². The van der Waals surface area contributed by atoms with E-state index in [-0.39, 0.29) is 0 Å². The van der Waals surface area contributed by atoms with Crippen LogP contribution in [0.3, 0.4) is 0 Å². The van der Waals surface area contributed by atoms with Crippen molar-refractivity contribution in [2.45, 2.75) is 32.6 Å². The van der Waals surface area contributed by atoms with Crippen molar-refractivity contribution in [1.82, 2.24) is 0 Å². The molecule has 0 saturated carbocycles. The maximum atomic E-state index is 5.56. The Balaban J connectivity index is 2.27. The van der Waals surface area contributed by atoms with Gasteiger partial charge in [0.1, 0.15) is 5.75 Å². The Morgan fingerprint density at radius 2 is 2.20 bits per heavy atom. The van der Waals surface area contributed by atoms with Crippen LogP contribution in [0.4, 0.5) is 0 Å². The van der Waals surface area contributed by atoms with Gasteiger partial charge in [0.15, 0.2) is 0 Å². The van der Waals surface area contributed by atoms with E-state index in [0.717, 1.165) is 24.3 Å². The largest absolute Gasteiger partial charge is 0.493 e. The molecule has 80 valence electrons. The topological polar surface area (TPSA) is 9.23 Å². The molecule has 0 aliphatic rings. The van der Waals surface area contributed by atoms with Gasteiger partial charge in [-0.05, 0) is 18.1 Å². The van der Waals surface area contributed by atoms with Gasteiger partial charge in [0.05, 0.1) is 6.61 Å². The molecular weight excluding hydrogens is 184 g/mol. The van der Waals surface area contributed by atoms with Gasteiger partial charge in [-0.2, -0.15) is 0 Å². The number of ether oxygens (including phenoxy) is 1. The van der Waals surface area contributed by atoms with Crippen LogP contribution < -0.4 is 4.74 Å². The van der Waals surface area contributed by atoms with E-state index in [2.05, 4.69) is 13.0 Å². The molecule has 1 nitrogen and oxygen atoms in total. The van der Waals surface area contributed by atoms with Gasteiger partial charge in [-0.1, -0.05) is 51.0 Å². The first-order valence-corrected chi connectivity index (χ1v) is 5.57. The van der Waals surface area contributed by atoms with Crippen molar-refractivity contribution in [2.24, 2.45) is 0 Å². The number of rotatable bonds is 7. The molecule has 15 heavy (non-hydrogen) atoms. The molecule has 0 spiro atoms. The van der Waals surface area contributed by atoms with Crippen molar-refractivity contribution >= 4 is 6.08 Å². The van der Waals surface area contributed by atoms with Crippen molar-refractivity contribution in [3.8, 4) is 5.75 Å². The van der Waals surface area contributed by atoms with E-state index in [1.54, 1.807) is 0 Å². The van der Waals surface area contributed by atoms with Crippen LogP contribution in [-0.4, -0.2) is 6.61 Å². The van der Waals surface area contributed by atoms with Crippen LogP contribution in [0, 0.1) is 12.6 Å². The molecule has 0 N–H and O–H groups in total. The van der Waals surface area contributed by atoms with Gasteiger partial charge in [0, 0.05) is 6.07 Å². The summed E-state index contributed by atoms with van der Waals surface area (Å²) in [5.74, 6) is 0.783. The highest BCUT2D eigenvalue weighted by Gasteiger charge is 1.95. The minimum absolute atomic E-state index is 0.768. The summed E-state index contributed by atoms with van der Waals surface area (Å²) in [6.07, 6.45) is 6.41. The first-order valence-electron chi connectivity index (χ1n) is 5.57. The minimum Gasteiger partial charge on any atom is -0.493 e. The highest BCUT2D eigenvalue weighted by Crippen LogP contribution is 2.13. The Morgan fingerprint density at radius 1 is 1.33 bits per heavy atom. The highest BCUT2D eigenvalue weighted by molar-refractivity contribution is 5.47. The normalized spacial score (nSPS) is 9.93. The van der Waals surface area contributed by atoms with Crippen molar-refractivity contribution in [2.75, 3.05) is 6.61 Å². The van der Waals surface area contributed by atoms with Gasteiger partial charge >= 0.3 is 0 Å². The number of benzene rings is 1. The summed E-state index contributed by atoms with van der Waals surface area (Å²) in [6.45, 7) is 8.37. The summed E-state index contributed by atoms with van der Waals surface area (Å²) >= 11 is 0. The summed E-state index contributed by atoms with van der Waals surface area (Å²) in [4.78, 5) is 0. The van der Waals surface area contributed by atoms with Gasteiger partial charge in [0.2, 0.25) is 0 Å². The van der Waals surface area contributed by atoms with Crippen LogP contribution in [0.1, 0.15) is 38.2 Å². The van der Waals surface area contributed by atoms with E-state index in [0.29, 0.717) is 0 Å². The van der Waals surface area contributed by atoms with Crippen LogP contribution in [0.25, 0.3) is 6.08 Å². The molecule has 1 rings (SSSR count). The summed E-state index contributed by atoms with van der Waals surface area (Å²) in [5, 5.41) is 0. The quantitative estimate of drug-likeness (QED) is 0.609. The predicted molar refractivity (Wildman–Crippen MR) is 63.7 cm³/mol. The average Bonchev–Trinajstić information content (AvgIpc) is 2.29. The second-order valence-electron chi connectivity index (χ2n) is 3.55. The molecule has 0 unspecified atom stereocenters. The third-order valence-electron chi connectivity index (χ3n) is 2.23. The van der Waals surface area contributed by atoms with Crippen LogP contribution >= 0.6 is 0 Å². The van der Waals surface area contributed by atoms with Crippen LogP contribution in [0.15, 0.2) is 18.2 Å².